The summed E-state index contributed by atoms with van der Waals surface area (Å²) in [4.78, 5) is 12.1. The quantitative estimate of drug-likeness (QED) is 0.806. The van der Waals surface area contributed by atoms with E-state index in [-0.39, 0.29) is 25.4 Å². The molecule has 0 aliphatic carbocycles. The van der Waals surface area contributed by atoms with Gasteiger partial charge in [-0.15, -0.1) is 0 Å². The number of rotatable bonds is 7. The van der Waals surface area contributed by atoms with Gasteiger partial charge in [0.05, 0.1) is 36.5 Å². The van der Waals surface area contributed by atoms with E-state index in [2.05, 4.69) is 5.32 Å². The van der Waals surface area contributed by atoms with Crippen molar-refractivity contribution in [2.24, 2.45) is 0 Å². The summed E-state index contributed by atoms with van der Waals surface area (Å²) in [5.41, 5.74) is 2.75. The lowest BCUT2D eigenvalue weighted by Crippen LogP contribution is -2.38. The molecule has 2 aromatic rings. The van der Waals surface area contributed by atoms with Crippen LogP contribution < -0.4 is 9.62 Å². The standard InChI is InChI=1S/C19H21N3O3S/c1-15-6-3-4-8-17(15)13-19(23)21-10-11-22(26(2,24)25)18-9-5-7-16(12-18)14-20/h3-9,12H,10-11,13H2,1-2H3,(H,21,23). The van der Waals surface area contributed by atoms with Crippen LogP contribution in [0.2, 0.25) is 0 Å². The molecule has 0 aliphatic heterocycles. The number of carbonyl (C=O) groups is 1. The molecule has 26 heavy (non-hydrogen) atoms. The lowest BCUT2D eigenvalue weighted by molar-refractivity contribution is -0.120. The molecule has 0 aromatic heterocycles. The van der Waals surface area contributed by atoms with E-state index in [0.717, 1.165) is 17.4 Å². The molecule has 7 heteroatoms. The zero-order valence-electron chi connectivity index (χ0n) is 14.8. The van der Waals surface area contributed by atoms with Crippen molar-refractivity contribution in [1.29, 1.82) is 5.26 Å². The van der Waals surface area contributed by atoms with Gasteiger partial charge in [0.2, 0.25) is 15.9 Å². The van der Waals surface area contributed by atoms with Crippen LogP contribution in [0, 0.1) is 18.3 Å². The first-order valence-corrected chi connectivity index (χ1v) is 9.95. The minimum Gasteiger partial charge on any atom is -0.354 e. The van der Waals surface area contributed by atoms with Crippen molar-refractivity contribution in [3.63, 3.8) is 0 Å². The number of sulfonamides is 1. The minimum absolute atomic E-state index is 0.0905. The summed E-state index contributed by atoms with van der Waals surface area (Å²) < 4.78 is 25.3. The second-order valence-corrected chi connectivity index (χ2v) is 7.86. The van der Waals surface area contributed by atoms with Gasteiger partial charge < -0.3 is 5.32 Å². The fraction of sp³-hybridized carbons (Fsp3) is 0.263. The fourth-order valence-electron chi connectivity index (χ4n) is 2.56. The molecule has 0 spiro atoms. The first-order valence-electron chi connectivity index (χ1n) is 8.10. The molecule has 0 aliphatic rings. The van der Waals surface area contributed by atoms with Crippen LogP contribution in [0.1, 0.15) is 16.7 Å². The number of aryl methyl sites for hydroxylation is 1. The van der Waals surface area contributed by atoms with Crippen molar-refractivity contribution >= 4 is 21.6 Å². The summed E-state index contributed by atoms with van der Waals surface area (Å²) >= 11 is 0. The Kier molecular flexibility index (Phi) is 6.36. The summed E-state index contributed by atoms with van der Waals surface area (Å²) in [5.74, 6) is -0.168. The Labute approximate surface area is 154 Å². The maximum atomic E-state index is 12.1. The maximum Gasteiger partial charge on any atom is 0.232 e. The Morgan fingerprint density at radius 3 is 2.58 bits per heavy atom. The van der Waals surface area contributed by atoms with Crippen LogP contribution in [0.15, 0.2) is 48.5 Å². The van der Waals surface area contributed by atoms with Crippen molar-refractivity contribution in [3.8, 4) is 6.07 Å². The zero-order valence-corrected chi connectivity index (χ0v) is 15.6. The van der Waals surface area contributed by atoms with Crippen molar-refractivity contribution in [2.75, 3.05) is 23.7 Å². The average molecular weight is 371 g/mol. The van der Waals surface area contributed by atoms with E-state index in [0.29, 0.717) is 11.3 Å². The number of carbonyl (C=O) groups excluding carboxylic acids is 1. The molecular weight excluding hydrogens is 350 g/mol. The Balaban J connectivity index is 2.01. The van der Waals surface area contributed by atoms with E-state index in [1.165, 1.54) is 10.4 Å². The lowest BCUT2D eigenvalue weighted by atomic mass is 10.1. The van der Waals surface area contributed by atoms with Crippen molar-refractivity contribution in [1.82, 2.24) is 5.32 Å². The molecule has 1 amide bonds. The minimum atomic E-state index is -3.53. The molecular formula is C19H21N3O3S. The lowest BCUT2D eigenvalue weighted by Gasteiger charge is -2.22. The molecule has 136 valence electrons. The highest BCUT2D eigenvalue weighted by Gasteiger charge is 2.18. The number of nitrogens with one attached hydrogen (secondary N) is 1. The third kappa shape index (κ3) is 5.33. The first kappa shape index (κ1) is 19.5. The smallest absolute Gasteiger partial charge is 0.232 e. The van der Waals surface area contributed by atoms with E-state index in [9.17, 15) is 13.2 Å². The van der Waals surface area contributed by atoms with Crippen LogP contribution in [0.4, 0.5) is 5.69 Å². The van der Waals surface area contributed by atoms with Crippen LogP contribution in [0.25, 0.3) is 0 Å². The van der Waals surface area contributed by atoms with E-state index in [4.69, 9.17) is 5.26 Å². The van der Waals surface area contributed by atoms with Gasteiger partial charge in [0, 0.05) is 6.54 Å². The highest BCUT2D eigenvalue weighted by atomic mass is 32.2. The predicted octanol–water partition coefficient (Wildman–Crippen LogP) is 1.99. The van der Waals surface area contributed by atoms with Gasteiger partial charge in [0.25, 0.3) is 0 Å². The number of benzene rings is 2. The van der Waals surface area contributed by atoms with E-state index >= 15 is 0 Å². The summed E-state index contributed by atoms with van der Waals surface area (Å²) in [6.07, 6.45) is 1.34. The van der Waals surface area contributed by atoms with Gasteiger partial charge in [-0.25, -0.2) is 8.42 Å². The van der Waals surface area contributed by atoms with Crippen molar-refractivity contribution in [2.45, 2.75) is 13.3 Å². The van der Waals surface area contributed by atoms with E-state index in [1.54, 1.807) is 18.2 Å². The Bertz CT molecular complexity index is 933. The van der Waals surface area contributed by atoms with Gasteiger partial charge in [-0.2, -0.15) is 5.26 Å². The topological polar surface area (TPSA) is 90.3 Å². The van der Waals surface area contributed by atoms with Crippen LogP contribution in [-0.2, 0) is 21.2 Å². The summed E-state index contributed by atoms with van der Waals surface area (Å²) in [7, 11) is -3.53. The molecule has 0 heterocycles. The second kappa shape index (κ2) is 8.50. The number of nitrogens with zero attached hydrogens (tertiary/aromatic N) is 2. The van der Waals surface area contributed by atoms with Crippen LogP contribution >= 0.6 is 0 Å². The number of amides is 1. The number of hydrogen-bond acceptors (Lipinski definition) is 4. The molecule has 0 atom stereocenters. The molecule has 0 fully saturated rings. The Hall–Kier alpha value is -2.85. The molecule has 2 aromatic carbocycles. The molecule has 6 nitrogen and oxygen atoms in total. The average Bonchev–Trinajstić information content (AvgIpc) is 2.59. The molecule has 0 saturated carbocycles. The second-order valence-electron chi connectivity index (χ2n) is 5.95. The van der Waals surface area contributed by atoms with Crippen LogP contribution in [-0.4, -0.2) is 33.7 Å². The van der Waals surface area contributed by atoms with Crippen molar-refractivity contribution in [3.05, 3.63) is 65.2 Å². The van der Waals surface area contributed by atoms with Gasteiger partial charge in [-0.05, 0) is 36.2 Å². The molecule has 0 saturated heterocycles. The van der Waals surface area contributed by atoms with Gasteiger partial charge in [0.1, 0.15) is 0 Å². The third-order valence-electron chi connectivity index (χ3n) is 3.91. The third-order valence-corrected chi connectivity index (χ3v) is 5.11. The SMILES string of the molecule is Cc1ccccc1CC(=O)NCCN(c1cccc(C#N)c1)S(C)(=O)=O. The normalized spacial score (nSPS) is 10.8. The first-order chi connectivity index (χ1) is 12.3. The molecule has 0 radical (unpaired) electrons. The maximum absolute atomic E-state index is 12.1. The monoisotopic (exact) mass is 371 g/mol. The summed E-state index contributed by atoms with van der Waals surface area (Å²) in [6.45, 7) is 2.21. The molecule has 2 rings (SSSR count). The molecule has 0 bridgehead atoms. The predicted molar refractivity (Wildman–Crippen MR) is 101 cm³/mol. The van der Waals surface area contributed by atoms with Crippen molar-refractivity contribution < 1.29 is 13.2 Å². The van der Waals surface area contributed by atoms with Crippen LogP contribution in [0.3, 0.4) is 0 Å². The molecule has 0 unspecified atom stereocenters. The van der Waals surface area contributed by atoms with Gasteiger partial charge in [-0.3, -0.25) is 9.10 Å². The van der Waals surface area contributed by atoms with Gasteiger partial charge >= 0.3 is 0 Å². The zero-order chi connectivity index (χ0) is 19.2. The highest BCUT2D eigenvalue weighted by Crippen LogP contribution is 2.18. The largest absolute Gasteiger partial charge is 0.354 e. The number of anilines is 1. The Morgan fingerprint density at radius 2 is 1.92 bits per heavy atom. The van der Waals surface area contributed by atoms with E-state index in [1.807, 2.05) is 37.3 Å². The number of hydrogen-bond donors (Lipinski definition) is 1. The summed E-state index contributed by atoms with van der Waals surface area (Å²) in [5, 5.41) is 11.7. The van der Waals surface area contributed by atoms with E-state index < -0.39 is 10.0 Å². The fourth-order valence-corrected chi connectivity index (χ4v) is 3.48. The Morgan fingerprint density at radius 1 is 1.19 bits per heavy atom. The van der Waals surface area contributed by atoms with Crippen LogP contribution in [0.5, 0.6) is 0 Å². The number of nitriles is 1. The van der Waals surface area contributed by atoms with Gasteiger partial charge in [0.15, 0.2) is 0 Å². The molecule has 1 N–H and O–H groups in total. The summed E-state index contributed by atoms with van der Waals surface area (Å²) in [6, 6.07) is 16.0. The highest BCUT2D eigenvalue weighted by molar-refractivity contribution is 7.92. The van der Waals surface area contributed by atoms with Gasteiger partial charge in [-0.1, -0.05) is 30.3 Å².